The molecule has 0 aromatic carbocycles. The predicted octanol–water partition coefficient (Wildman–Crippen LogP) is 2.58. The third-order valence-corrected chi connectivity index (χ3v) is 5.42. The maximum absolute atomic E-state index is 13.4. The number of hydrogen-bond donors (Lipinski definition) is 2. The Balaban J connectivity index is 1.85. The first-order valence-electron chi connectivity index (χ1n) is 10.5. The van der Waals surface area contributed by atoms with E-state index in [1.807, 2.05) is 25.1 Å². The van der Waals surface area contributed by atoms with Gasteiger partial charge >= 0.3 is 0 Å². The lowest BCUT2D eigenvalue weighted by Gasteiger charge is -2.40. The molecule has 7 heteroatoms. The van der Waals surface area contributed by atoms with Crippen molar-refractivity contribution >= 4 is 11.7 Å². The fourth-order valence-corrected chi connectivity index (χ4v) is 3.76. The molecule has 3 rings (SSSR count). The minimum atomic E-state index is -0.751. The van der Waals surface area contributed by atoms with Crippen LogP contribution in [0.5, 0.6) is 0 Å². The second-order valence-corrected chi connectivity index (χ2v) is 8.56. The SMILES string of the molecule is COCCN1Cc2ccc(NCC(C)C)nc2C(C)(C(=O)NCc2cccnc2)C1. The van der Waals surface area contributed by atoms with E-state index in [4.69, 9.17) is 9.72 Å². The second kappa shape index (κ2) is 10.00. The van der Waals surface area contributed by atoms with E-state index in [0.29, 0.717) is 25.6 Å². The summed E-state index contributed by atoms with van der Waals surface area (Å²) in [6.45, 7) is 10.4. The van der Waals surface area contributed by atoms with Crippen molar-refractivity contribution in [2.75, 3.05) is 38.7 Å². The molecular weight excluding hydrogens is 378 g/mol. The highest BCUT2D eigenvalue weighted by molar-refractivity contribution is 5.88. The molecule has 0 fully saturated rings. The van der Waals surface area contributed by atoms with Gasteiger partial charge in [-0.2, -0.15) is 0 Å². The number of methoxy groups -OCH3 is 1. The number of ether oxygens (including phenoxy) is 1. The van der Waals surface area contributed by atoms with Gasteiger partial charge in [-0.1, -0.05) is 26.0 Å². The predicted molar refractivity (Wildman–Crippen MR) is 118 cm³/mol. The van der Waals surface area contributed by atoms with Crippen LogP contribution in [0.2, 0.25) is 0 Å². The van der Waals surface area contributed by atoms with Crippen molar-refractivity contribution in [1.82, 2.24) is 20.2 Å². The Bertz CT molecular complexity index is 843. The van der Waals surface area contributed by atoms with Gasteiger partial charge in [0.25, 0.3) is 0 Å². The Labute approximate surface area is 179 Å². The van der Waals surface area contributed by atoms with Crippen molar-refractivity contribution in [2.45, 2.75) is 39.3 Å². The Kier molecular flexibility index (Phi) is 7.39. The summed E-state index contributed by atoms with van der Waals surface area (Å²) < 4.78 is 5.27. The maximum atomic E-state index is 13.4. The molecule has 0 saturated carbocycles. The van der Waals surface area contributed by atoms with E-state index in [9.17, 15) is 4.79 Å². The number of carbonyl (C=O) groups excluding carboxylic acids is 1. The molecule has 3 heterocycles. The van der Waals surface area contributed by atoms with Crippen LogP contribution in [-0.2, 0) is 28.0 Å². The summed E-state index contributed by atoms with van der Waals surface area (Å²) >= 11 is 0. The average Bonchev–Trinajstić information content (AvgIpc) is 2.75. The highest BCUT2D eigenvalue weighted by atomic mass is 16.5. The fraction of sp³-hybridized carbons (Fsp3) is 0.522. The number of aromatic nitrogens is 2. The van der Waals surface area contributed by atoms with E-state index in [0.717, 1.165) is 42.3 Å². The first-order chi connectivity index (χ1) is 14.4. The standard InChI is InChI=1S/C23H33N5O2/c1-17(2)12-25-20-8-7-19-15-28(10-11-30-4)16-23(3,21(19)27-20)22(29)26-14-18-6-5-9-24-13-18/h5-9,13,17H,10-12,14-16H2,1-4H3,(H,25,27)(H,26,29). The first kappa shape index (κ1) is 22.2. The highest BCUT2D eigenvalue weighted by Crippen LogP contribution is 2.33. The smallest absolute Gasteiger partial charge is 0.233 e. The van der Waals surface area contributed by atoms with E-state index >= 15 is 0 Å². The fourth-order valence-electron chi connectivity index (χ4n) is 3.76. The number of nitrogens with one attached hydrogen (secondary N) is 2. The quantitative estimate of drug-likeness (QED) is 0.660. The van der Waals surface area contributed by atoms with Crippen molar-refractivity contribution in [3.8, 4) is 0 Å². The van der Waals surface area contributed by atoms with Crippen molar-refractivity contribution in [3.05, 3.63) is 53.5 Å². The molecule has 0 aliphatic carbocycles. The average molecular weight is 412 g/mol. The van der Waals surface area contributed by atoms with E-state index in [-0.39, 0.29) is 5.91 Å². The van der Waals surface area contributed by atoms with Crippen LogP contribution in [0, 0.1) is 5.92 Å². The number of carbonyl (C=O) groups is 1. The molecule has 2 N–H and O–H groups in total. The van der Waals surface area contributed by atoms with Gasteiger partial charge in [0.2, 0.25) is 5.91 Å². The summed E-state index contributed by atoms with van der Waals surface area (Å²) in [5.74, 6) is 1.31. The third-order valence-electron chi connectivity index (χ3n) is 5.42. The number of amides is 1. The molecule has 2 aromatic heterocycles. The number of pyridine rings is 2. The molecule has 30 heavy (non-hydrogen) atoms. The van der Waals surface area contributed by atoms with Crippen LogP contribution in [0.25, 0.3) is 0 Å². The summed E-state index contributed by atoms with van der Waals surface area (Å²) in [6, 6.07) is 7.94. The van der Waals surface area contributed by atoms with Crippen molar-refractivity contribution in [1.29, 1.82) is 0 Å². The van der Waals surface area contributed by atoms with Gasteiger partial charge in [0.1, 0.15) is 11.2 Å². The lowest BCUT2D eigenvalue weighted by atomic mass is 9.79. The molecule has 0 radical (unpaired) electrons. The summed E-state index contributed by atoms with van der Waals surface area (Å²) in [5.41, 5.74) is 2.17. The van der Waals surface area contributed by atoms with Crippen LogP contribution in [0.15, 0.2) is 36.7 Å². The van der Waals surface area contributed by atoms with Crippen LogP contribution in [0.3, 0.4) is 0 Å². The third kappa shape index (κ3) is 5.34. The summed E-state index contributed by atoms with van der Waals surface area (Å²) in [4.78, 5) is 24.7. The van der Waals surface area contributed by atoms with Gasteiger partial charge in [0, 0.05) is 52.2 Å². The molecular formula is C23H33N5O2. The number of hydrogen-bond acceptors (Lipinski definition) is 6. The van der Waals surface area contributed by atoms with Crippen molar-refractivity contribution < 1.29 is 9.53 Å². The first-order valence-corrected chi connectivity index (χ1v) is 10.5. The molecule has 0 bridgehead atoms. The van der Waals surface area contributed by atoms with Crippen LogP contribution >= 0.6 is 0 Å². The van der Waals surface area contributed by atoms with E-state index < -0.39 is 5.41 Å². The van der Waals surface area contributed by atoms with E-state index in [1.54, 1.807) is 19.5 Å². The highest BCUT2D eigenvalue weighted by Gasteiger charge is 2.43. The molecule has 1 atom stereocenters. The molecule has 0 spiro atoms. The number of rotatable bonds is 9. The van der Waals surface area contributed by atoms with E-state index in [2.05, 4.69) is 40.4 Å². The van der Waals surface area contributed by atoms with Gasteiger partial charge in [-0.15, -0.1) is 0 Å². The van der Waals surface area contributed by atoms with Crippen LogP contribution in [-0.4, -0.2) is 54.1 Å². The van der Waals surface area contributed by atoms with Crippen LogP contribution in [0.1, 0.15) is 37.6 Å². The minimum Gasteiger partial charge on any atom is -0.383 e. The van der Waals surface area contributed by atoms with Gasteiger partial charge in [-0.25, -0.2) is 4.98 Å². The molecule has 7 nitrogen and oxygen atoms in total. The maximum Gasteiger partial charge on any atom is 0.233 e. The Morgan fingerprint density at radius 3 is 2.87 bits per heavy atom. The Hall–Kier alpha value is -2.51. The topological polar surface area (TPSA) is 79.4 Å². The molecule has 1 aliphatic heterocycles. The van der Waals surface area contributed by atoms with Gasteiger partial charge in [0.05, 0.1) is 12.3 Å². The Morgan fingerprint density at radius 1 is 1.33 bits per heavy atom. The lowest BCUT2D eigenvalue weighted by Crippen LogP contribution is -2.54. The van der Waals surface area contributed by atoms with Crippen molar-refractivity contribution in [2.24, 2.45) is 5.92 Å². The zero-order chi connectivity index (χ0) is 21.6. The molecule has 2 aromatic rings. The molecule has 1 aliphatic rings. The summed E-state index contributed by atoms with van der Waals surface area (Å²) in [6.07, 6.45) is 3.50. The lowest BCUT2D eigenvalue weighted by molar-refractivity contribution is -0.128. The van der Waals surface area contributed by atoms with Gasteiger partial charge in [-0.05, 0) is 36.1 Å². The largest absolute Gasteiger partial charge is 0.383 e. The van der Waals surface area contributed by atoms with Crippen LogP contribution < -0.4 is 10.6 Å². The van der Waals surface area contributed by atoms with Gasteiger partial charge < -0.3 is 15.4 Å². The Morgan fingerprint density at radius 2 is 2.17 bits per heavy atom. The molecule has 0 saturated heterocycles. The monoisotopic (exact) mass is 411 g/mol. The second-order valence-electron chi connectivity index (χ2n) is 8.56. The van der Waals surface area contributed by atoms with Gasteiger partial charge in [0.15, 0.2) is 0 Å². The summed E-state index contributed by atoms with van der Waals surface area (Å²) in [7, 11) is 1.70. The van der Waals surface area contributed by atoms with E-state index in [1.165, 1.54) is 0 Å². The zero-order valence-corrected chi connectivity index (χ0v) is 18.4. The number of nitrogens with zero attached hydrogens (tertiary/aromatic N) is 3. The van der Waals surface area contributed by atoms with Crippen LogP contribution in [0.4, 0.5) is 5.82 Å². The number of anilines is 1. The molecule has 162 valence electrons. The normalized spacial score (nSPS) is 18.8. The molecule has 1 unspecified atom stereocenters. The summed E-state index contributed by atoms with van der Waals surface area (Å²) in [5, 5.41) is 6.49. The zero-order valence-electron chi connectivity index (χ0n) is 18.4. The van der Waals surface area contributed by atoms with Gasteiger partial charge in [-0.3, -0.25) is 14.7 Å². The minimum absolute atomic E-state index is 0.0248. The molecule has 1 amide bonds. The number of fused-ring (bicyclic) bond motifs is 1. The van der Waals surface area contributed by atoms with Crippen molar-refractivity contribution in [3.63, 3.8) is 0 Å².